The van der Waals surface area contributed by atoms with E-state index in [1.165, 1.54) is 31.9 Å². The number of aliphatic hydroxyl groups excluding tert-OH is 2. The molecule has 1 saturated heterocycles. The number of nitrogens with zero attached hydrogens (tertiary/aromatic N) is 4. The molecule has 3 rings (SSSR count). The first-order valence-corrected chi connectivity index (χ1v) is 15.9. The lowest BCUT2D eigenvalue weighted by Crippen LogP contribution is -2.43. The van der Waals surface area contributed by atoms with Gasteiger partial charge in [0, 0.05) is 27.0 Å². The largest absolute Gasteiger partial charge is 0.464 e. The Morgan fingerprint density at radius 1 is 1.23 bits per heavy atom. The Morgan fingerprint density at radius 2 is 1.91 bits per heavy atom. The molecule has 1 aliphatic rings. The van der Waals surface area contributed by atoms with Crippen LogP contribution < -0.4 is 15.3 Å². The van der Waals surface area contributed by atoms with Crippen LogP contribution in [-0.4, -0.2) is 91.3 Å². The molecule has 2 heterocycles. The van der Waals surface area contributed by atoms with Crippen molar-refractivity contribution in [3.05, 3.63) is 53.9 Å². The maximum absolute atomic E-state index is 14.0. The third-order valence-corrected chi connectivity index (χ3v) is 9.05. The van der Waals surface area contributed by atoms with Crippen LogP contribution in [0.25, 0.3) is 0 Å². The molecule has 0 amide bonds. The average Bonchev–Trinajstić information content (AvgIpc) is 3.56. The first kappa shape index (κ1) is 35.1. The number of aromatic nitrogens is 1. The number of amidine groups is 1. The van der Waals surface area contributed by atoms with Gasteiger partial charge in [0.15, 0.2) is 5.60 Å². The van der Waals surface area contributed by atoms with Gasteiger partial charge in [-0.3, -0.25) is 19.3 Å². The third kappa shape index (κ3) is 7.81. The molecule has 1 aliphatic heterocycles. The van der Waals surface area contributed by atoms with Gasteiger partial charge >= 0.3 is 13.7 Å². The maximum atomic E-state index is 14.0. The van der Waals surface area contributed by atoms with Gasteiger partial charge in [-0.15, -0.1) is 0 Å². The lowest BCUT2D eigenvalue weighted by Gasteiger charge is -2.29. The number of hydrogen-bond donors (Lipinski definition) is 4. The molecule has 0 unspecified atom stereocenters. The van der Waals surface area contributed by atoms with Crippen molar-refractivity contribution in [1.29, 1.82) is 0 Å². The highest BCUT2D eigenvalue weighted by Crippen LogP contribution is 2.47. The summed E-state index contributed by atoms with van der Waals surface area (Å²) >= 11 is 0. The van der Waals surface area contributed by atoms with Crippen molar-refractivity contribution < 1.29 is 38.1 Å². The van der Waals surface area contributed by atoms with E-state index >= 15 is 0 Å². The number of carbonyl (C=O) groups is 1. The van der Waals surface area contributed by atoms with Crippen LogP contribution in [0.15, 0.2) is 57.6 Å². The van der Waals surface area contributed by atoms with Gasteiger partial charge in [-0.25, -0.2) is 9.24 Å². The number of aliphatic imine (C=N–C) groups is 2. The lowest BCUT2D eigenvalue weighted by atomic mass is 9.92. The quantitative estimate of drug-likeness (QED) is 0.0923. The monoisotopic (exact) mass is 634 g/mol. The van der Waals surface area contributed by atoms with Crippen molar-refractivity contribution in [2.45, 2.75) is 63.6 Å². The van der Waals surface area contributed by atoms with Gasteiger partial charge in [0.2, 0.25) is 0 Å². The molecule has 0 saturated carbocycles. The number of hydrogen-bond acceptors (Lipinski definition) is 11. The van der Waals surface area contributed by atoms with E-state index in [9.17, 15) is 19.6 Å². The predicted molar refractivity (Wildman–Crippen MR) is 167 cm³/mol. The van der Waals surface area contributed by atoms with Crippen molar-refractivity contribution in [2.24, 2.45) is 26.7 Å². The SMILES string of the molecule is C=Nn1c(C(N)=NC)ccc1[C@]1(C=NC)O[C@H](CO[P@@](=O)(N[C@@H](C)C(=O)OCC(CC)CC)Oc2ccccc2)[C@@H](O)[C@H]1O. The zero-order valence-electron chi connectivity index (χ0n) is 25.7. The van der Waals surface area contributed by atoms with E-state index in [1.807, 2.05) is 13.8 Å². The second-order valence-electron chi connectivity index (χ2n) is 10.3. The molecule has 1 aromatic heterocycles. The predicted octanol–water partition coefficient (Wildman–Crippen LogP) is 2.46. The fourth-order valence-electron chi connectivity index (χ4n) is 4.76. The normalized spacial score (nSPS) is 24.4. The third-order valence-electron chi connectivity index (χ3n) is 7.41. The van der Waals surface area contributed by atoms with Crippen LogP contribution in [0.5, 0.6) is 5.75 Å². The minimum absolute atomic E-state index is 0.151. The molecular weight excluding hydrogens is 591 g/mol. The van der Waals surface area contributed by atoms with Crippen LogP contribution in [0.3, 0.4) is 0 Å². The fraction of sp³-hybridized carbons (Fsp3) is 0.517. The van der Waals surface area contributed by atoms with Crippen LogP contribution in [0.1, 0.15) is 45.0 Å². The van der Waals surface area contributed by atoms with E-state index in [4.69, 9.17) is 24.3 Å². The van der Waals surface area contributed by atoms with Crippen LogP contribution in [-0.2, 0) is 29.0 Å². The first-order valence-electron chi connectivity index (χ1n) is 14.3. The molecule has 2 aromatic rings. The number of nitrogens with two attached hydrogens (primary N) is 1. The summed E-state index contributed by atoms with van der Waals surface area (Å²) < 4.78 is 38.4. The molecule has 15 heteroatoms. The molecule has 14 nitrogen and oxygen atoms in total. The molecule has 0 spiro atoms. The van der Waals surface area contributed by atoms with E-state index in [-0.39, 0.29) is 29.8 Å². The second kappa shape index (κ2) is 15.6. The van der Waals surface area contributed by atoms with E-state index in [2.05, 4.69) is 26.9 Å². The summed E-state index contributed by atoms with van der Waals surface area (Å²) in [7, 11) is -1.31. The molecule has 0 radical (unpaired) electrons. The number of ether oxygens (including phenoxy) is 2. The van der Waals surface area contributed by atoms with Crippen LogP contribution in [0.2, 0.25) is 0 Å². The van der Waals surface area contributed by atoms with Crippen molar-refractivity contribution >= 4 is 32.5 Å². The van der Waals surface area contributed by atoms with Gasteiger partial charge in [-0.2, -0.15) is 10.2 Å². The maximum Gasteiger partial charge on any atom is 0.459 e. The molecule has 5 N–H and O–H groups in total. The Kier molecular flexibility index (Phi) is 12.4. The molecule has 0 aliphatic carbocycles. The number of carbonyl (C=O) groups excluding carboxylic acids is 1. The van der Waals surface area contributed by atoms with E-state index in [0.717, 1.165) is 12.8 Å². The lowest BCUT2D eigenvalue weighted by molar-refractivity contribution is -0.146. The van der Waals surface area contributed by atoms with Gasteiger partial charge in [-0.1, -0.05) is 44.9 Å². The van der Waals surface area contributed by atoms with Crippen molar-refractivity contribution in [3.8, 4) is 5.75 Å². The van der Waals surface area contributed by atoms with Crippen LogP contribution in [0, 0.1) is 5.92 Å². The second-order valence-corrected chi connectivity index (χ2v) is 12.0. The summed E-state index contributed by atoms with van der Waals surface area (Å²) in [4.78, 5) is 20.8. The highest BCUT2D eigenvalue weighted by Gasteiger charge is 2.56. The zero-order chi connectivity index (χ0) is 32.5. The molecule has 1 fully saturated rings. The Hall–Kier alpha value is -3.39. The van der Waals surface area contributed by atoms with Gasteiger partial charge in [0.05, 0.1) is 18.9 Å². The summed E-state index contributed by atoms with van der Waals surface area (Å²) in [6.07, 6.45) is -1.32. The number of aliphatic hydroxyl groups is 2. The number of para-hydroxylation sites is 1. The summed E-state index contributed by atoms with van der Waals surface area (Å²) in [5.41, 5.74) is 4.91. The van der Waals surface area contributed by atoms with E-state index < -0.39 is 50.3 Å². The van der Waals surface area contributed by atoms with Gasteiger partial charge < -0.3 is 29.9 Å². The molecule has 1 aromatic carbocycles. The highest BCUT2D eigenvalue weighted by molar-refractivity contribution is 7.52. The number of esters is 1. The van der Waals surface area contributed by atoms with Gasteiger partial charge in [0.25, 0.3) is 0 Å². The molecule has 242 valence electrons. The molecule has 0 bridgehead atoms. The van der Waals surface area contributed by atoms with Crippen LogP contribution in [0.4, 0.5) is 0 Å². The summed E-state index contributed by atoms with van der Waals surface area (Å²) in [5, 5.41) is 29.0. The number of nitrogens with one attached hydrogen (secondary N) is 1. The van der Waals surface area contributed by atoms with Crippen molar-refractivity contribution in [3.63, 3.8) is 0 Å². The first-order chi connectivity index (χ1) is 21.0. The minimum atomic E-state index is -4.29. The van der Waals surface area contributed by atoms with E-state index in [0.29, 0.717) is 5.69 Å². The van der Waals surface area contributed by atoms with Crippen LogP contribution >= 0.6 is 7.75 Å². The highest BCUT2D eigenvalue weighted by atomic mass is 31.2. The molecular formula is C29H43N6O8P. The van der Waals surface area contributed by atoms with Gasteiger partial charge in [0.1, 0.15) is 41.6 Å². The van der Waals surface area contributed by atoms with E-state index in [1.54, 1.807) is 42.5 Å². The molecule has 44 heavy (non-hydrogen) atoms. The summed E-state index contributed by atoms with van der Waals surface area (Å²) in [6, 6.07) is 10.4. The Labute approximate surface area is 257 Å². The summed E-state index contributed by atoms with van der Waals surface area (Å²) in [5.74, 6) is -0.0727. The standard InChI is InChI=1S/C29H43N6O8P/c1-7-20(8-2)16-40-28(38)19(3)34-44(39,43-21-12-10-9-11-13-21)41-17-23-25(36)26(37)29(42-23,18-31-4)24-15-14-22(27(30)32-5)35(24)33-6/h9-15,18-20,23,25-26,36-37H,6-8,16-17H2,1-5H3,(H2,30,32)(H,34,39)/t19-,23+,25+,26+,29-,44-/m0/s1. The minimum Gasteiger partial charge on any atom is -0.464 e. The number of benzene rings is 1. The van der Waals surface area contributed by atoms with Crippen molar-refractivity contribution in [2.75, 3.05) is 27.3 Å². The Morgan fingerprint density at radius 3 is 2.50 bits per heavy atom. The van der Waals surface area contributed by atoms with Crippen molar-refractivity contribution in [1.82, 2.24) is 9.76 Å². The summed E-state index contributed by atoms with van der Waals surface area (Å²) in [6.45, 7) is 8.79. The Bertz CT molecular complexity index is 1360. The zero-order valence-corrected chi connectivity index (χ0v) is 26.6. The topological polar surface area (TPSA) is 192 Å². The Balaban J connectivity index is 1.87. The van der Waals surface area contributed by atoms with Gasteiger partial charge in [-0.05, 0) is 37.1 Å². The smallest absolute Gasteiger partial charge is 0.459 e. The fourth-order valence-corrected chi connectivity index (χ4v) is 6.26. The average molecular weight is 635 g/mol. The number of rotatable bonds is 16. The molecule has 6 atom stereocenters.